The summed E-state index contributed by atoms with van der Waals surface area (Å²) in [5, 5.41) is 16.3. The van der Waals surface area contributed by atoms with Crippen molar-refractivity contribution in [3.05, 3.63) is 34.4 Å². The van der Waals surface area contributed by atoms with E-state index in [9.17, 15) is 14.9 Å². The van der Waals surface area contributed by atoms with Gasteiger partial charge in [-0.05, 0) is 6.07 Å². The van der Waals surface area contributed by atoms with Gasteiger partial charge in [0.05, 0.1) is 23.8 Å². The molecule has 1 atom stereocenters. The highest BCUT2D eigenvalue weighted by Crippen LogP contribution is 2.33. The van der Waals surface area contributed by atoms with E-state index in [1.807, 2.05) is 0 Å². The number of nitrogens with zero attached hydrogens (tertiary/aromatic N) is 3. The summed E-state index contributed by atoms with van der Waals surface area (Å²) in [5.41, 5.74) is 0.827. The molecule has 0 aliphatic carbocycles. The second-order valence-electron chi connectivity index (χ2n) is 4.36. The zero-order valence-corrected chi connectivity index (χ0v) is 9.98. The number of anilines is 1. The SMILES string of the molecule is O=C1C2COCCC2=NN1c1ccccc1[N+](=O)[O-]. The molecule has 98 valence electrons. The molecule has 1 amide bonds. The summed E-state index contributed by atoms with van der Waals surface area (Å²) in [5.74, 6) is -0.655. The summed E-state index contributed by atoms with van der Waals surface area (Å²) >= 11 is 0. The van der Waals surface area contributed by atoms with Gasteiger partial charge in [-0.3, -0.25) is 14.9 Å². The first-order chi connectivity index (χ1) is 9.18. The maximum atomic E-state index is 12.2. The van der Waals surface area contributed by atoms with Crippen LogP contribution in [-0.4, -0.2) is 29.8 Å². The molecule has 2 heterocycles. The predicted molar refractivity (Wildman–Crippen MR) is 66.9 cm³/mol. The van der Waals surface area contributed by atoms with Crippen molar-refractivity contribution >= 4 is 23.0 Å². The van der Waals surface area contributed by atoms with Crippen molar-refractivity contribution in [2.24, 2.45) is 11.0 Å². The number of ether oxygens (including phenoxy) is 1. The number of benzene rings is 1. The van der Waals surface area contributed by atoms with Crippen LogP contribution >= 0.6 is 0 Å². The minimum absolute atomic E-state index is 0.125. The molecule has 0 spiro atoms. The topological polar surface area (TPSA) is 85.0 Å². The standard InChI is InChI=1S/C12H11N3O4/c16-12-8-7-19-6-5-9(8)13-14(12)10-3-1-2-4-11(10)15(17)18/h1-4,8H,5-7H2. The minimum Gasteiger partial charge on any atom is -0.380 e. The Labute approximate surface area is 108 Å². The molecule has 0 N–H and O–H groups in total. The Balaban J connectivity index is 2.02. The lowest BCUT2D eigenvalue weighted by atomic mass is 10.00. The van der Waals surface area contributed by atoms with Crippen LogP contribution in [0.25, 0.3) is 0 Å². The van der Waals surface area contributed by atoms with E-state index in [2.05, 4.69) is 5.10 Å². The van der Waals surface area contributed by atoms with Crippen molar-refractivity contribution in [3.8, 4) is 0 Å². The van der Waals surface area contributed by atoms with E-state index < -0.39 is 10.8 Å². The number of hydrogen-bond donors (Lipinski definition) is 0. The fourth-order valence-electron chi connectivity index (χ4n) is 2.28. The van der Waals surface area contributed by atoms with Gasteiger partial charge in [0.1, 0.15) is 11.6 Å². The largest absolute Gasteiger partial charge is 0.380 e. The zero-order valence-electron chi connectivity index (χ0n) is 9.98. The Hall–Kier alpha value is -2.28. The third-order valence-electron chi connectivity index (χ3n) is 3.23. The van der Waals surface area contributed by atoms with Gasteiger partial charge in [-0.1, -0.05) is 12.1 Å². The molecule has 0 bridgehead atoms. The monoisotopic (exact) mass is 261 g/mol. The van der Waals surface area contributed by atoms with Crippen LogP contribution in [0.15, 0.2) is 29.4 Å². The van der Waals surface area contributed by atoms with Crippen LogP contribution in [0.1, 0.15) is 6.42 Å². The van der Waals surface area contributed by atoms with Crippen LogP contribution < -0.4 is 5.01 Å². The molecule has 1 fully saturated rings. The second kappa shape index (κ2) is 4.43. The number of para-hydroxylation sites is 2. The number of carbonyl (C=O) groups excluding carboxylic acids is 1. The molecule has 7 nitrogen and oxygen atoms in total. The van der Waals surface area contributed by atoms with E-state index in [1.165, 1.54) is 12.1 Å². The van der Waals surface area contributed by atoms with Crippen molar-refractivity contribution in [3.63, 3.8) is 0 Å². The first-order valence-electron chi connectivity index (χ1n) is 5.91. The Bertz CT molecular complexity index is 584. The maximum absolute atomic E-state index is 12.2. The molecule has 19 heavy (non-hydrogen) atoms. The lowest BCUT2D eigenvalue weighted by molar-refractivity contribution is -0.384. The van der Waals surface area contributed by atoms with Crippen molar-refractivity contribution in [1.82, 2.24) is 0 Å². The first-order valence-corrected chi connectivity index (χ1v) is 5.91. The van der Waals surface area contributed by atoms with Crippen molar-refractivity contribution in [2.75, 3.05) is 18.2 Å². The highest BCUT2D eigenvalue weighted by molar-refractivity contribution is 6.16. The first kappa shape index (κ1) is 11.8. The number of fused-ring (bicyclic) bond motifs is 1. The van der Waals surface area contributed by atoms with Gasteiger partial charge in [-0.15, -0.1) is 0 Å². The van der Waals surface area contributed by atoms with Crippen LogP contribution in [-0.2, 0) is 9.53 Å². The molecular weight excluding hydrogens is 250 g/mol. The summed E-state index contributed by atoms with van der Waals surface area (Å²) < 4.78 is 5.25. The van der Waals surface area contributed by atoms with Gasteiger partial charge in [-0.25, -0.2) is 0 Å². The number of hydrazone groups is 1. The molecule has 1 saturated heterocycles. The third-order valence-corrected chi connectivity index (χ3v) is 3.23. The minimum atomic E-state index is -0.513. The predicted octanol–water partition coefficient (Wildman–Crippen LogP) is 1.33. The van der Waals surface area contributed by atoms with E-state index >= 15 is 0 Å². The van der Waals surface area contributed by atoms with Crippen molar-refractivity contribution < 1.29 is 14.5 Å². The molecule has 2 aliphatic heterocycles. The van der Waals surface area contributed by atoms with Crippen LogP contribution in [0.5, 0.6) is 0 Å². The van der Waals surface area contributed by atoms with E-state index in [4.69, 9.17) is 4.74 Å². The van der Waals surface area contributed by atoms with E-state index in [1.54, 1.807) is 12.1 Å². The molecule has 1 aromatic rings. The Morgan fingerprint density at radius 1 is 1.42 bits per heavy atom. The van der Waals surface area contributed by atoms with E-state index in [0.29, 0.717) is 19.6 Å². The number of rotatable bonds is 2. The fourth-order valence-corrected chi connectivity index (χ4v) is 2.28. The number of nitro benzene ring substituents is 1. The quantitative estimate of drug-likeness (QED) is 0.593. The second-order valence-corrected chi connectivity index (χ2v) is 4.36. The lowest BCUT2D eigenvalue weighted by Gasteiger charge is -2.17. The van der Waals surface area contributed by atoms with Gasteiger partial charge >= 0.3 is 0 Å². The summed E-state index contributed by atoms with van der Waals surface area (Å²) in [7, 11) is 0. The van der Waals surface area contributed by atoms with Gasteiger partial charge < -0.3 is 4.74 Å². The van der Waals surface area contributed by atoms with Gasteiger partial charge in [0.2, 0.25) is 0 Å². The van der Waals surface area contributed by atoms with Gasteiger partial charge in [0, 0.05) is 12.5 Å². The van der Waals surface area contributed by atoms with Crippen LogP contribution in [0.2, 0.25) is 0 Å². The normalized spacial score (nSPS) is 22.1. The van der Waals surface area contributed by atoms with Gasteiger partial charge in [0.15, 0.2) is 0 Å². The number of nitro groups is 1. The molecule has 7 heteroatoms. The van der Waals surface area contributed by atoms with Gasteiger partial charge in [-0.2, -0.15) is 10.1 Å². The average Bonchev–Trinajstić information content (AvgIpc) is 2.76. The average molecular weight is 261 g/mol. The maximum Gasteiger partial charge on any atom is 0.295 e. The molecule has 0 saturated carbocycles. The summed E-state index contributed by atoms with van der Waals surface area (Å²) in [6, 6.07) is 6.10. The number of carbonyl (C=O) groups is 1. The van der Waals surface area contributed by atoms with Crippen LogP contribution in [0.4, 0.5) is 11.4 Å². The van der Waals surface area contributed by atoms with Crippen LogP contribution in [0.3, 0.4) is 0 Å². The smallest absolute Gasteiger partial charge is 0.295 e. The molecule has 0 aromatic heterocycles. The number of hydrogen-bond acceptors (Lipinski definition) is 5. The molecule has 1 aromatic carbocycles. The van der Waals surface area contributed by atoms with Crippen LogP contribution in [0, 0.1) is 16.0 Å². The molecule has 0 radical (unpaired) electrons. The lowest BCUT2D eigenvalue weighted by Crippen LogP contribution is -2.34. The van der Waals surface area contributed by atoms with E-state index in [0.717, 1.165) is 10.7 Å². The summed E-state index contributed by atoms with van der Waals surface area (Å²) in [6.45, 7) is 0.835. The highest BCUT2D eigenvalue weighted by atomic mass is 16.6. The summed E-state index contributed by atoms with van der Waals surface area (Å²) in [4.78, 5) is 22.7. The van der Waals surface area contributed by atoms with E-state index in [-0.39, 0.29) is 17.3 Å². The molecular formula is C12H11N3O4. The fraction of sp³-hybridized carbons (Fsp3) is 0.333. The Morgan fingerprint density at radius 3 is 2.95 bits per heavy atom. The summed E-state index contributed by atoms with van der Waals surface area (Å²) in [6.07, 6.45) is 0.591. The number of amides is 1. The molecule has 2 aliphatic rings. The Morgan fingerprint density at radius 2 is 2.21 bits per heavy atom. The highest BCUT2D eigenvalue weighted by Gasteiger charge is 2.40. The van der Waals surface area contributed by atoms with Crippen molar-refractivity contribution in [1.29, 1.82) is 0 Å². The van der Waals surface area contributed by atoms with Crippen molar-refractivity contribution in [2.45, 2.75) is 6.42 Å². The third kappa shape index (κ3) is 1.88. The molecule has 3 rings (SSSR count). The molecule has 1 unspecified atom stereocenters. The Kier molecular flexibility index (Phi) is 2.75. The zero-order chi connectivity index (χ0) is 13.4. The van der Waals surface area contributed by atoms with Gasteiger partial charge in [0.25, 0.3) is 11.6 Å².